The second-order valence-electron chi connectivity index (χ2n) is 21.7. The average Bonchev–Trinajstić information content (AvgIpc) is 2.39. The zero-order valence-electron chi connectivity index (χ0n) is 44.3. The molecule has 0 amide bonds. The third-order valence-electron chi connectivity index (χ3n) is 17.6. The van der Waals surface area contributed by atoms with Gasteiger partial charge >= 0.3 is 0 Å². The van der Waals surface area contributed by atoms with E-state index in [0.29, 0.717) is 33.9 Å². The molecule has 5 aromatic heterocycles. The Morgan fingerprint density at radius 1 is 0.277 bits per heavy atom. The van der Waals surface area contributed by atoms with Crippen molar-refractivity contribution in [3.05, 3.63) is 266 Å². The van der Waals surface area contributed by atoms with Crippen molar-refractivity contribution < 1.29 is 0 Å². The molecule has 0 radical (unpaired) electrons. The predicted molar refractivity (Wildman–Crippen MR) is 347 cm³/mol. The molecule has 18 rings (SSSR count). The van der Waals surface area contributed by atoms with Gasteiger partial charge in [0, 0.05) is 58.6 Å². The van der Waals surface area contributed by atoms with Gasteiger partial charge in [-0.1, -0.05) is 200 Å². The van der Waals surface area contributed by atoms with Crippen molar-refractivity contribution in [3.8, 4) is 46.0 Å². The number of aromatic nitrogens is 4. The van der Waals surface area contributed by atoms with Gasteiger partial charge in [0.05, 0.1) is 71.6 Å². The van der Waals surface area contributed by atoms with Crippen molar-refractivity contribution in [2.75, 3.05) is 0 Å². The van der Waals surface area contributed by atoms with E-state index in [4.69, 9.17) is 0 Å². The van der Waals surface area contributed by atoms with Gasteiger partial charge in [0.25, 0.3) is 0 Å². The Kier molecular flexibility index (Phi) is 9.42. The van der Waals surface area contributed by atoms with Crippen LogP contribution in [0.1, 0.15) is 11.1 Å². The van der Waals surface area contributed by atoms with E-state index < -0.39 is 0 Å². The highest BCUT2D eigenvalue weighted by Crippen LogP contribution is 2.51. The molecule has 0 unspecified atom stereocenters. The molecule has 0 aliphatic heterocycles. The highest BCUT2D eigenvalue weighted by molar-refractivity contribution is 7.26. The van der Waals surface area contributed by atoms with Gasteiger partial charge in [-0.3, -0.25) is 0 Å². The van der Waals surface area contributed by atoms with Crippen LogP contribution < -0.4 is 0 Å². The normalized spacial score (nSPS) is 12.1. The topological polar surface area (TPSA) is 67.3 Å². The van der Waals surface area contributed by atoms with Crippen LogP contribution in [-0.2, 0) is 0 Å². The van der Waals surface area contributed by atoms with Gasteiger partial charge in [-0.25, -0.2) is 0 Å². The zero-order chi connectivity index (χ0) is 54.6. The Morgan fingerprint density at radius 2 is 0.639 bits per heavy atom. The van der Waals surface area contributed by atoms with Gasteiger partial charge in [-0.05, 0) is 87.3 Å². The lowest BCUT2D eigenvalue weighted by Gasteiger charge is -2.27. The first kappa shape index (κ1) is 45.6. The van der Waals surface area contributed by atoms with Crippen molar-refractivity contribution in [1.82, 2.24) is 18.3 Å². The SMILES string of the molecule is N#Cc1c(-n2c3ccccc3c3ccccc32)c(-n2c3ccccc3c3ccccc32)c(C#N)c(-n2c3cc(-c4cc5ccccc5c5ccccc45)ccc3c3ccc4c5ccccc5sc4c32)c1-n1c2ccccc2c2ccccc21. The standard InChI is InChI=1S/C76H42N6S/c77-43-61-71(79-63-30-12-5-23-50(63)51-24-6-13-31-64(51)79)72(80-65-32-14-7-25-52(65)53-26-8-15-33-66(53)80)62(44-78)74(73(61)81-67-34-16-9-27-54(67)55-28-10-17-35-68(55)81)82-69-42-46(60-41-45-19-1-2-20-47(45)48-21-3-4-22-49(48)60)37-38-56(69)58-39-40-59-57-29-11-18-36-70(57)83-76(59)75(58)82/h1-42H. The molecule has 5 heterocycles. The number of thiophene rings is 1. The summed E-state index contributed by atoms with van der Waals surface area (Å²) in [7, 11) is 0. The molecule has 0 saturated heterocycles. The Morgan fingerprint density at radius 3 is 1.12 bits per heavy atom. The number of benzene rings is 13. The smallest absolute Gasteiger partial charge is 0.104 e. The molecule has 0 spiro atoms. The minimum Gasteiger partial charge on any atom is -0.306 e. The zero-order valence-corrected chi connectivity index (χ0v) is 45.2. The number of rotatable bonds is 5. The lowest BCUT2D eigenvalue weighted by Crippen LogP contribution is -2.16. The second kappa shape index (κ2) is 17.1. The largest absolute Gasteiger partial charge is 0.306 e. The van der Waals surface area contributed by atoms with Gasteiger partial charge in [-0.15, -0.1) is 11.3 Å². The lowest BCUT2D eigenvalue weighted by molar-refractivity contribution is 1.03. The van der Waals surface area contributed by atoms with Crippen LogP contribution in [0.2, 0.25) is 0 Å². The number of hydrogen-bond donors (Lipinski definition) is 0. The quantitative estimate of drug-likeness (QED) is 0.161. The third kappa shape index (κ3) is 6.13. The maximum atomic E-state index is 13.0. The Balaban J connectivity index is 1.14. The van der Waals surface area contributed by atoms with E-state index >= 15 is 0 Å². The van der Waals surface area contributed by atoms with E-state index in [2.05, 4.69) is 285 Å². The van der Waals surface area contributed by atoms with Crippen molar-refractivity contribution in [1.29, 1.82) is 10.5 Å². The fraction of sp³-hybridized carbons (Fsp3) is 0. The molecule has 83 heavy (non-hydrogen) atoms. The highest BCUT2D eigenvalue weighted by Gasteiger charge is 2.35. The van der Waals surface area contributed by atoms with E-state index in [1.54, 1.807) is 11.3 Å². The van der Waals surface area contributed by atoms with Crippen LogP contribution in [0.5, 0.6) is 0 Å². The first-order valence-electron chi connectivity index (χ1n) is 28.0. The molecule has 0 saturated carbocycles. The minimum absolute atomic E-state index is 0.419. The minimum atomic E-state index is 0.419. The molecular weight excluding hydrogens is 1030 g/mol. The summed E-state index contributed by atoms with van der Waals surface area (Å²) in [5, 5.41) is 41.3. The van der Waals surface area contributed by atoms with Crippen molar-refractivity contribution >= 4 is 140 Å². The van der Waals surface area contributed by atoms with Crippen LogP contribution in [0.3, 0.4) is 0 Å². The van der Waals surface area contributed by atoms with E-state index in [1.165, 1.54) is 20.9 Å². The number of para-hydroxylation sites is 6. The van der Waals surface area contributed by atoms with E-state index in [-0.39, 0.29) is 0 Å². The second-order valence-corrected chi connectivity index (χ2v) is 22.7. The summed E-state index contributed by atoms with van der Waals surface area (Å²) < 4.78 is 11.5. The predicted octanol–water partition coefficient (Wildman–Crippen LogP) is 20.2. The molecule has 0 aliphatic carbocycles. The summed E-state index contributed by atoms with van der Waals surface area (Å²) in [6.07, 6.45) is 0. The molecule has 6 nitrogen and oxygen atoms in total. The van der Waals surface area contributed by atoms with Crippen molar-refractivity contribution in [3.63, 3.8) is 0 Å². The van der Waals surface area contributed by atoms with Crippen LogP contribution in [0.15, 0.2) is 255 Å². The van der Waals surface area contributed by atoms with Gasteiger partial charge in [0.2, 0.25) is 0 Å². The van der Waals surface area contributed by atoms with Crippen LogP contribution in [0.25, 0.3) is 163 Å². The number of hydrogen-bond acceptors (Lipinski definition) is 3. The fourth-order valence-corrected chi connectivity index (χ4v) is 15.5. The maximum Gasteiger partial charge on any atom is 0.104 e. The van der Waals surface area contributed by atoms with Gasteiger partial charge in [0.15, 0.2) is 0 Å². The number of fused-ring (bicyclic) bond motifs is 19. The molecule has 0 atom stereocenters. The molecule has 18 aromatic rings. The van der Waals surface area contributed by atoms with E-state index in [0.717, 1.165) is 119 Å². The molecule has 0 N–H and O–H groups in total. The molecular formula is C76H42N6S. The summed E-state index contributed by atoms with van der Waals surface area (Å²) in [6.45, 7) is 0. The number of nitriles is 2. The van der Waals surface area contributed by atoms with E-state index in [1.807, 2.05) is 0 Å². The highest BCUT2D eigenvalue weighted by atomic mass is 32.1. The maximum absolute atomic E-state index is 13.0. The first-order valence-corrected chi connectivity index (χ1v) is 28.8. The summed E-state index contributed by atoms with van der Waals surface area (Å²) in [4.78, 5) is 0. The molecule has 0 bridgehead atoms. The van der Waals surface area contributed by atoms with Crippen LogP contribution in [0.4, 0.5) is 0 Å². The van der Waals surface area contributed by atoms with Gasteiger partial charge in [-0.2, -0.15) is 10.5 Å². The molecule has 13 aromatic carbocycles. The molecule has 0 fully saturated rings. The van der Waals surface area contributed by atoms with Gasteiger partial charge in [0.1, 0.15) is 23.3 Å². The monoisotopic (exact) mass is 1070 g/mol. The summed E-state index contributed by atoms with van der Waals surface area (Å²) >= 11 is 1.78. The van der Waals surface area contributed by atoms with Crippen LogP contribution in [0, 0.1) is 22.7 Å². The summed E-state index contributed by atoms with van der Waals surface area (Å²) in [6, 6.07) is 96.7. The van der Waals surface area contributed by atoms with E-state index in [9.17, 15) is 10.5 Å². The van der Waals surface area contributed by atoms with Crippen molar-refractivity contribution in [2.24, 2.45) is 0 Å². The first-order chi connectivity index (χ1) is 41.2. The Labute approximate surface area is 478 Å². The molecule has 382 valence electrons. The van der Waals surface area contributed by atoms with Crippen LogP contribution >= 0.6 is 11.3 Å². The van der Waals surface area contributed by atoms with Crippen LogP contribution in [-0.4, -0.2) is 18.3 Å². The average molecular weight is 1070 g/mol. The number of nitrogens with zero attached hydrogens (tertiary/aromatic N) is 6. The summed E-state index contributed by atoms with van der Waals surface area (Å²) in [5.74, 6) is 0. The molecule has 0 aliphatic rings. The molecule has 7 heteroatoms. The lowest BCUT2D eigenvalue weighted by atomic mass is 9.93. The Hall–Kier alpha value is -11.2. The third-order valence-corrected chi connectivity index (χ3v) is 18.8. The summed E-state index contributed by atoms with van der Waals surface area (Å²) in [5.41, 5.74) is 12.9. The van der Waals surface area contributed by atoms with Crippen molar-refractivity contribution in [2.45, 2.75) is 0 Å². The fourth-order valence-electron chi connectivity index (χ4n) is 14.2. The van der Waals surface area contributed by atoms with Gasteiger partial charge < -0.3 is 18.3 Å². The Bertz CT molecular complexity index is 5820.